The largest absolute Gasteiger partial charge is 0.455 e. The summed E-state index contributed by atoms with van der Waals surface area (Å²) in [5.74, 6) is 1.12. The lowest BCUT2D eigenvalue weighted by Gasteiger charge is -2.12. The van der Waals surface area contributed by atoms with Gasteiger partial charge >= 0.3 is 0 Å². The highest BCUT2D eigenvalue weighted by Crippen LogP contribution is 2.41. The molecule has 0 saturated heterocycles. The predicted octanol–water partition coefficient (Wildman–Crippen LogP) is 11.6. The van der Waals surface area contributed by atoms with Crippen LogP contribution >= 0.6 is 0 Å². The fourth-order valence-electron chi connectivity index (χ4n) is 6.87. The van der Waals surface area contributed by atoms with Crippen LogP contribution in [0.4, 0.5) is 0 Å². The summed E-state index contributed by atoms with van der Waals surface area (Å²) in [7, 11) is 0. The van der Waals surface area contributed by atoms with Crippen LogP contribution in [0, 0.1) is 0 Å². The Balaban J connectivity index is 1.26. The van der Waals surface area contributed by atoms with Crippen LogP contribution in [-0.4, -0.2) is 17.9 Å². The third-order valence-electron chi connectivity index (χ3n) is 9.07. The first kappa shape index (κ1) is 28.6. The van der Waals surface area contributed by atoms with Crippen LogP contribution in [0.5, 0.6) is 0 Å². The fraction of sp³-hybridized carbons (Fsp3) is 0. The molecule has 230 valence electrons. The summed E-state index contributed by atoms with van der Waals surface area (Å²) in [6, 6.07) is 46.5. The van der Waals surface area contributed by atoms with E-state index in [1.54, 1.807) is 12.4 Å². The van der Waals surface area contributed by atoms with Gasteiger partial charge in [0.05, 0.1) is 0 Å². The summed E-state index contributed by atoms with van der Waals surface area (Å²) in [6.45, 7) is 0. The van der Waals surface area contributed by atoms with Gasteiger partial charge in [-0.25, -0.2) is 15.0 Å². The number of nitrogens with zero attached hydrogens (tertiary/aromatic N) is 3. The first-order chi connectivity index (χ1) is 24.3. The molecule has 1 aliphatic rings. The van der Waals surface area contributed by atoms with Crippen molar-refractivity contribution >= 4 is 72.1 Å². The Bertz CT molecular complexity index is 2720. The third-order valence-corrected chi connectivity index (χ3v) is 9.07. The molecule has 9 rings (SSSR count). The second kappa shape index (κ2) is 12.2. The van der Waals surface area contributed by atoms with Crippen molar-refractivity contribution in [2.24, 2.45) is 15.0 Å². The van der Waals surface area contributed by atoms with Gasteiger partial charge in [0.15, 0.2) is 11.7 Å². The Kier molecular flexibility index (Phi) is 7.10. The van der Waals surface area contributed by atoms with E-state index in [4.69, 9.17) is 19.4 Å². The standard InChI is InChI=1S/C45H29N3O/c1-2-11-27-46-44(30-15-5-4-6-16-30)48-45(47-28-12-3-1)39-23-14-24-41-42(39)38-22-13-21-32(43(38)49-41)31-25-26-37-35-19-8-7-17-33(35)34-18-9-10-20-36(34)40(37)29-31/h1-29H/b2-1?,3-1?,11-2+,12-3?,27-11?,28-12?,46-27?,46-44?,47-28?,47-45?,48-44?,48-45?. The van der Waals surface area contributed by atoms with E-state index in [-0.39, 0.29) is 0 Å². The maximum absolute atomic E-state index is 6.72. The molecule has 4 heteroatoms. The van der Waals surface area contributed by atoms with Gasteiger partial charge in [-0.15, -0.1) is 0 Å². The first-order valence-corrected chi connectivity index (χ1v) is 16.4. The average Bonchev–Trinajstić information content (AvgIpc) is 3.55. The van der Waals surface area contributed by atoms with Crippen molar-refractivity contribution in [1.82, 2.24) is 0 Å². The molecule has 0 radical (unpaired) electrons. The number of hydrogen-bond acceptors (Lipinski definition) is 4. The molecule has 0 aliphatic carbocycles. The minimum absolute atomic E-state index is 0.549. The quantitative estimate of drug-likeness (QED) is 0.180. The third kappa shape index (κ3) is 5.07. The number of allylic oxidation sites excluding steroid dienone is 5. The van der Waals surface area contributed by atoms with Crippen molar-refractivity contribution in [3.8, 4) is 11.1 Å². The molecular formula is C45H29N3O. The Morgan fingerprint density at radius 1 is 0.429 bits per heavy atom. The average molecular weight is 628 g/mol. The smallest absolute Gasteiger partial charge is 0.162 e. The van der Waals surface area contributed by atoms with Crippen LogP contribution in [0.1, 0.15) is 11.1 Å². The summed E-state index contributed by atoms with van der Waals surface area (Å²) in [6.07, 6.45) is 13.1. The zero-order valence-corrected chi connectivity index (χ0v) is 26.5. The molecule has 0 amide bonds. The number of fused-ring (bicyclic) bond motifs is 9. The SMILES string of the molecule is C1=C/C=C/C=NC(c2ccccc2)=NC(c2cccc3oc4c(-c5ccc6c7ccccc7c7ccccc7c6c5)cccc4c23)=NC=C1. The lowest BCUT2D eigenvalue weighted by molar-refractivity contribution is 0.670. The molecule has 0 fully saturated rings. The zero-order chi connectivity index (χ0) is 32.6. The molecule has 4 nitrogen and oxygen atoms in total. The highest BCUT2D eigenvalue weighted by atomic mass is 16.3. The number of rotatable bonds is 3. The fourth-order valence-corrected chi connectivity index (χ4v) is 6.87. The molecule has 0 atom stereocenters. The van der Waals surface area contributed by atoms with E-state index in [9.17, 15) is 0 Å². The van der Waals surface area contributed by atoms with Gasteiger partial charge in [-0.3, -0.25) is 0 Å². The van der Waals surface area contributed by atoms with E-state index >= 15 is 0 Å². The molecule has 0 bridgehead atoms. The summed E-state index contributed by atoms with van der Waals surface area (Å²) in [5, 5.41) is 9.46. The number of amidine groups is 2. The Morgan fingerprint density at radius 2 is 1.06 bits per heavy atom. The van der Waals surface area contributed by atoms with Crippen LogP contribution < -0.4 is 0 Å². The minimum Gasteiger partial charge on any atom is -0.455 e. The van der Waals surface area contributed by atoms with Gasteiger partial charge in [0, 0.05) is 39.9 Å². The van der Waals surface area contributed by atoms with Crippen molar-refractivity contribution in [3.05, 3.63) is 181 Å². The lowest BCUT2D eigenvalue weighted by Crippen LogP contribution is -2.05. The molecule has 8 aromatic rings. The molecule has 49 heavy (non-hydrogen) atoms. The van der Waals surface area contributed by atoms with Crippen LogP contribution in [0.3, 0.4) is 0 Å². The molecule has 0 unspecified atom stereocenters. The summed E-state index contributed by atoms with van der Waals surface area (Å²) in [4.78, 5) is 14.7. The maximum atomic E-state index is 6.72. The summed E-state index contributed by atoms with van der Waals surface area (Å²) >= 11 is 0. The normalized spacial score (nSPS) is 14.3. The lowest BCUT2D eigenvalue weighted by atomic mass is 9.91. The number of para-hydroxylation sites is 1. The van der Waals surface area contributed by atoms with Crippen molar-refractivity contribution in [2.45, 2.75) is 0 Å². The number of hydrogen-bond donors (Lipinski definition) is 0. The van der Waals surface area contributed by atoms with E-state index in [0.29, 0.717) is 11.7 Å². The van der Waals surface area contributed by atoms with Gasteiger partial charge in [0.25, 0.3) is 0 Å². The highest BCUT2D eigenvalue weighted by molar-refractivity contribution is 6.26. The molecule has 7 aromatic carbocycles. The Labute approximate surface area is 283 Å². The van der Waals surface area contributed by atoms with Crippen LogP contribution in [0.2, 0.25) is 0 Å². The topological polar surface area (TPSA) is 50.2 Å². The van der Waals surface area contributed by atoms with Gasteiger partial charge in [0.2, 0.25) is 0 Å². The van der Waals surface area contributed by atoms with E-state index < -0.39 is 0 Å². The van der Waals surface area contributed by atoms with Crippen molar-refractivity contribution in [2.75, 3.05) is 0 Å². The van der Waals surface area contributed by atoms with Gasteiger partial charge in [-0.1, -0.05) is 140 Å². The van der Waals surface area contributed by atoms with Crippen molar-refractivity contribution in [1.29, 1.82) is 0 Å². The molecule has 0 saturated carbocycles. The minimum atomic E-state index is 0.549. The molecule has 0 N–H and O–H groups in total. The predicted molar refractivity (Wildman–Crippen MR) is 207 cm³/mol. The van der Waals surface area contributed by atoms with Gasteiger partial charge in [-0.05, 0) is 62.2 Å². The Morgan fingerprint density at radius 3 is 1.86 bits per heavy atom. The number of benzene rings is 7. The zero-order valence-electron chi connectivity index (χ0n) is 26.5. The van der Waals surface area contributed by atoms with Crippen LogP contribution in [0.15, 0.2) is 189 Å². The van der Waals surface area contributed by atoms with E-state index in [1.165, 1.54) is 32.3 Å². The number of aliphatic imine (C=N–C) groups is 3. The van der Waals surface area contributed by atoms with Gasteiger partial charge < -0.3 is 4.42 Å². The highest BCUT2D eigenvalue weighted by Gasteiger charge is 2.19. The van der Waals surface area contributed by atoms with Crippen LogP contribution in [0.25, 0.3) is 65.4 Å². The molecule has 2 heterocycles. The van der Waals surface area contributed by atoms with Crippen LogP contribution in [-0.2, 0) is 0 Å². The monoisotopic (exact) mass is 627 g/mol. The maximum Gasteiger partial charge on any atom is 0.162 e. The van der Waals surface area contributed by atoms with Crippen molar-refractivity contribution < 1.29 is 4.42 Å². The summed E-state index contributed by atoms with van der Waals surface area (Å²) < 4.78 is 6.72. The van der Waals surface area contributed by atoms with E-state index in [0.717, 1.165) is 44.2 Å². The molecule has 1 aliphatic heterocycles. The second-order valence-corrected chi connectivity index (χ2v) is 12.0. The van der Waals surface area contributed by atoms with E-state index in [1.807, 2.05) is 72.8 Å². The summed E-state index contributed by atoms with van der Waals surface area (Å²) in [5.41, 5.74) is 5.52. The second-order valence-electron chi connectivity index (χ2n) is 12.0. The molecular weight excluding hydrogens is 599 g/mol. The van der Waals surface area contributed by atoms with Gasteiger partial charge in [-0.2, -0.15) is 0 Å². The van der Waals surface area contributed by atoms with E-state index in [2.05, 4.69) is 91.0 Å². The Hall–Kier alpha value is -6.65. The first-order valence-electron chi connectivity index (χ1n) is 16.4. The van der Waals surface area contributed by atoms with Gasteiger partial charge in [0.1, 0.15) is 11.2 Å². The molecule has 0 spiro atoms. The number of furan rings is 1. The molecule has 1 aromatic heterocycles. The van der Waals surface area contributed by atoms with Crippen molar-refractivity contribution in [3.63, 3.8) is 0 Å².